The maximum atomic E-state index is 12.3. The number of carbonyl (C=O) groups is 3. The molecule has 3 aromatic carbocycles. The van der Waals surface area contributed by atoms with Crippen LogP contribution in [0.2, 0.25) is 0 Å². The highest BCUT2D eigenvalue weighted by atomic mass is 16.7. The summed E-state index contributed by atoms with van der Waals surface area (Å²) < 4.78 is 27.9. The molecule has 190 valence electrons. The van der Waals surface area contributed by atoms with Crippen LogP contribution in [0.25, 0.3) is 0 Å². The quantitative estimate of drug-likeness (QED) is 0.204. The second-order valence-electron chi connectivity index (χ2n) is 8.81. The molecular formula is C27H24N2O8. The predicted molar refractivity (Wildman–Crippen MR) is 128 cm³/mol. The van der Waals surface area contributed by atoms with Crippen LogP contribution in [0.3, 0.4) is 0 Å². The minimum absolute atomic E-state index is 0.148. The standard InChI is InChI=1S/C27H24N2O8/c1-27(29-28,26(32)33-2)14-15-11-12-20(34-24-18-9-5-3-7-16(18)22(30)36-24)21(13-15)35-25-19-10-6-4-8-17(19)23(31)37-25/h3-13,24-25,29H,14,28H2,1-2H3. The van der Waals surface area contributed by atoms with Gasteiger partial charge < -0.3 is 23.7 Å². The molecule has 3 atom stereocenters. The van der Waals surface area contributed by atoms with E-state index in [2.05, 4.69) is 5.43 Å². The van der Waals surface area contributed by atoms with Crippen molar-refractivity contribution in [1.82, 2.24) is 5.43 Å². The summed E-state index contributed by atoms with van der Waals surface area (Å²) in [5.41, 5.74) is 3.87. The van der Waals surface area contributed by atoms with Gasteiger partial charge >= 0.3 is 17.9 Å². The van der Waals surface area contributed by atoms with Gasteiger partial charge in [0.1, 0.15) is 5.54 Å². The van der Waals surface area contributed by atoms with Crippen molar-refractivity contribution in [2.45, 2.75) is 31.5 Å². The number of methoxy groups -OCH3 is 1. The third-order valence-electron chi connectivity index (χ3n) is 6.29. The molecule has 0 aromatic heterocycles. The molecule has 5 rings (SSSR count). The Labute approximate surface area is 212 Å². The summed E-state index contributed by atoms with van der Waals surface area (Å²) in [4.78, 5) is 37.0. The third-order valence-corrected chi connectivity index (χ3v) is 6.29. The summed E-state index contributed by atoms with van der Waals surface area (Å²) in [5, 5.41) is 0. The fourth-order valence-electron chi connectivity index (χ4n) is 4.30. The number of esters is 3. The summed E-state index contributed by atoms with van der Waals surface area (Å²) in [7, 11) is 1.27. The smallest absolute Gasteiger partial charge is 0.342 e. The molecule has 0 bridgehead atoms. The van der Waals surface area contributed by atoms with Gasteiger partial charge in [0, 0.05) is 17.5 Å². The molecule has 3 unspecified atom stereocenters. The number of hydrogen-bond acceptors (Lipinski definition) is 10. The number of benzene rings is 3. The van der Waals surface area contributed by atoms with E-state index in [1.165, 1.54) is 7.11 Å². The number of hydrogen-bond donors (Lipinski definition) is 2. The number of carbonyl (C=O) groups excluding carboxylic acids is 3. The zero-order valence-corrected chi connectivity index (χ0v) is 20.1. The van der Waals surface area contributed by atoms with Gasteiger partial charge in [-0.2, -0.15) is 0 Å². The Kier molecular flexibility index (Phi) is 6.28. The Morgan fingerprint density at radius 1 is 0.892 bits per heavy atom. The van der Waals surface area contributed by atoms with Gasteiger partial charge in [0.25, 0.3) is 12.6 Å². The average molecular weight is 504 g/mol. The van der Waals surface area contributed by atoms with E-state index >= 15 is 0 Å². The lowest BCUT2D eigenvalue weighted by Gasteiger charge is -2.26. The van der Waals surface area contributed by atoms with Crippen molar-refractivity contribution in [3.8, 4) is 11.5 Å². The Balaban J connectivity index is 1.49. The van der Waals surface area contributed by atoms with Gasteiger partial charge in [0.05, 0.1) is 18.2 Å². The van der Waals surface area contributed by atoms with Gasteiger partial charge in [-0.1, -0.05) is 42.5 Å². The summed E-state index contributed by atoms with van der Waals surface area (Å²) in [6.45, 7) is 1.60. The van der Waals surface area contributed by atoms with Crippen molar-refractivity contribution in [2.75, 3.05) is 7.11 Å². The van der Waals surface area contributed by atoms with E-state index in [1.54, 1.807) is 73.7 Å². The van der Waals surface area contributed by atoms with Gasteiger partial charge in [-0.05, 0) is 36.8 Å². The Hall–Kier alpha value is -4.41. The number of nitrogens with two attached hydrogens (primary N) is 1. The monoisotopic (exact) mass is 504 g/mol. The van der Waals surface area contributed by atoms with Crippen molar-refractivity contribution >= 4 is 17.9 Å². The molecule has 37 heavy (non-hydrogen) atoms. The van der Waals surface area contributed by atoms with Crippen LogP contribution < -0.4 is 20.7 Å². The van der Waals surface area contributed by atoms with Gasteiger partial charge in [-0.3, -0.25) is 10.6 Å². The average Bonchev–Trinajstić information content (AvgIpc) is 3.41. The van der Waals surface area contributed by atoms with Crippen LogP contribution in [0.4, 0.5) is 0 Å². The predicted octanol–water partition coefficient (Wildman–Crippen LogP) is 3.12. The first-order valence-corrected chi connectivity index (χ1v) is 11.4. The van der Waals surface area contributed by atoms with E-state index in [4.69, 9.17) is 29.5 Å². The van der Waals surface area contributed by atoms with Crippen molar-refractivity contribution in [1.29, 1.82) is 0 Å². The Morgan fingerprint density at radius 2 is 1.43 bits per heavy atom. The number of nitrogens with one attached hydrogen (secondary N) is 1. The highest BCUT2D eigenvalue weighted by molar-refractivity contribution is 5.94. The molecule has 3 N–H and O–H groups in total. The first kappa shape index (κ1) is 24.3. The molecule has 0 saturated heterocycles. The molecular weight excluding hydrogens is 480 g/mol. The number of hydrazine groups is 1. The highest BCUT2D eigenvalue weighted by Gasteiger charge is 2.37. The lowest BCUT2D eigenvalue weighted by molar-refractivity contribution is -0.147. The van der Waals surface area contributed by atoms with Crippen LogP contribution in [0, 0.1) is 0 Å². The molecule has 0 spiro atoms. The van der Waals surface area contributed by atoms with E-state index in [0.29, 0.717) is 27.8 Å². The fourth-order valence-corrected chi connectivity index (χ4v) is 4.30. The van der Waals surface area contributed by atoms with E-state index < -0.39 is 36.0 Å². The molecule has 10 heteroatoms. The van der Waals surface area contributed by atoms with Crippen LogP contribution in [-0.2, 0) is 25.4 Å². The summed E-state index contributed by atoms with van der Waals surface area (Å²) in [6, 6.07) is 18.8. The molecule has 10 nitrogen and oxygen atoms in total. The van der Waals surface area contributed by atoms with Gasteiger partial charge in [0.2, 0.25) is 0 Å². The van der Waals surface area contributed by atoms with Crippen LogP contribution in [0.1, 0.15) is 56.9 Å². The van der Waals surface area contributed by atoms with E-state index in [0.717, 1.165) is 0 Å². The number of rotatable bonds is 8. The first-order valence-electron chi connectivity index (χ1n) is 11.4. The minimum Gasteiger partial charge on any atom is -0.468 e. The Morgan fingerprint density at radius 3 is 1.97 bits per heavy atom. The summed E-state index contributed by atoms with van der Waals surface area (Å²) in [6.07, 6.45) is -1.88. The van der Waals surface area contributed by atoms with Gasteiger partial charge in [-0.25, -0.2) is 15.0 Å². The molecule has 0 fully saturated rings. The minimum atomic E-state index is -1.22. The normalized spacial score (nSPS) is 19.2. The number of fused-ring (bicyclic) bond motifs is 2. The van der Waals surface area contributed by atoms with Gasteiger partial charge in [0.15, 0.2) is 11.5 Å². The van der Waals surface area contributed by atoms with Crippen molar-refractivity contribution in [2.24, 2.45) is 5.84 Å². The maximum Gasteiger partial charge on any atom is 0.342 e. The summed E-state index contributed by atoms with van der Waals surface area (Å²) >= 11 is 0. The van der Waals surface area contributed by atoms with Crippen LogP contribution >= 0.6 is 0 Å². The van der Waals surface area contributed by atoms with Crippen LogP contribution in [-0.4, -0.2) is 30.6 Å². The Bertz CT molecular complexity index is 1390. The molecule has 0 saturated carbocycles. The lowest BCUT2D eigenvalue weighted by Crippen LogP contribution is -2.55. The van der Waals surface area contributed by atoms with Gasteiger partial charge in [-0.15, -0.1) is 0 Å². The second kappa shape index (κ2) is 9.57. The largest absolute Gasteiger partial charge is 0.468 e. The zero-order valence-electron chi connectivity index (χ0n) is 20.1. The zero-order chi connectivity index (χ0) is 26.2. The van der Waals surface area contributed by atoms with E-state index in [1.807, 2.05) is 0 Å². The SMILES string of the molecule is COC(=O)C(C)(Cc1ccc(OC2OC(=O)c3ccccc32)c(OC2OC(=O)c3ccccc32)c1)NN. The maximum absolute atomic E-state index is 12.3. The molecule has 2 heterocycles. The number of ether oxygens (including phenoxy) is 5. The van der Waals surface area contributed by atoms with E-state index in [-0.39, 0.29) is 17.9 Å². The molecule has 0 aliphatic carbocycles. The lowest BCUT2D eigenvalue weighted by atomic mass is 9.93. The highest BCUT2D eigenvalue weighted by Crippen LogP contribution is 2.41. The second-order valence-corrected chi connectivity index (χ2v) is 8.81. The molecule has 2 aliphatic heterocycles. The topological polar surface area (TPSA) is 135 Å². The molecule has 0 amide bonds. The molecule has 2 aliphatic rings. The molecule has 3 aromatic rings. The molecule has 0 radical (unpaired) electrons. The first-order chi connectivity index (χ1) is 17.8. The van der Waals surface area contributed by atoms with Crippen molar-refractivity contribution in [3.63, 3.8) is 0 Å². The van der Waals surface area contributed by atoms with Crippen LogP contribution in [0.5, 0.6) is 11.5 Å². The van der Waals surface area contributed by atoms with Crippen molar-refractivity contribution in [3.05, 3.63) is 94.5 Å². The number of cyclic esters (lactones) is 2. The van der Waals surface area contributed by atoms with Crippen LogP contribution in [0.15, 0.2) is 66.7 Å². The fraction of sp³-hybridized carbons (Fsp3) is 0.222. The van der Waals surface area contributed by atoms with Crippen molar-refractivity contribution < 1.29 is 38.1 Å². The summed E-state index contributed by atoms with van der Waals surface area (Å²) in [5.74, 6) is 4.54. The third kappa shape index (κ3) is 4.48. The van der Waals surface area contributed by atoms with E-state index in [9.17, 15) is 14.4 Å².